The Labute approximate surface area is 217 Å². The van der Waals surface area contributed by atoms with Gasteiger partial charge >= 0.3 is 6.18 Å². The highest BCUT2D eigenvalue weighted by Gasteiger charge is 2.48. The fourth-order valence-corrected chi connectivity index (χ4v) is 4.29. The van der Waals surface area contributed by atoms with Crippen molar-refractivity contribution >= 4 is 23.1 Å². The van der Waals surface area contributed by atoms with E-state index >= 15 is 4.39 Å². The second-order valence-corrected chi connectivity index (χ2v) is 9.42. The van der Waals surface area contributed by atoms with Crippen LogP contribution in [0.25, 0.3) is 5.76 Å². The van der Waals surface area contributed by atoms with Crippen LogP contribution in [0.5, 0.6) is 5.75 Å². The Bertz CT molecular complexity index is 1430. The number of hydrogen-bond donors (Lipinski definition) is 1. The maximum absolute atomic E-state index is 15.0. The van der Waals surface area contributed by atoms with E-state index in [1.54, 1.807) is 19.1 Å². The number of carbonyl (C=O) groups excluding carboxylic acids is 2. The van der Waals surface area contributed by atoms with Crippen molar-refractivity contribution < 1.29 is 37.0 Å². The number of nitrogens with zero attached hydrogens (tertiary/aromatic N) is 1. The van der Waals surface area contributed by atoms with Crippen LogP contribution in [0.1, 0.15) is 42.1 Å². The van der Waals surface area contributed by atoms with E-state index in [1.807, 2.05) is 13.8 Å². The molecule has 9 heteroatoms. The Hall–Kier alpha value is -4.14. The van der Waals surface area contributed by atoms with E-state index in [0.717, 1.165) is 23.1 Å². The zero-order chi connectivity index (χ0) is 27.8. The monoisotopic (exact) mass is 527 g/mol. The van der Waals surface area contributed by atoms with Gasteiger partial charge in [-0.25, -0.2) is 4.39 Å². The van der Waals surface area contributed by atoms with Gasteiger partial charge in [-0.3, -0.25) is 14.5 Å². The van der Waals surface area contributed by atoms with Crippen LogP contribution >= 0.6 is 0 Å². The summed E-state index contributed by atoms with van der Waals surface area (Å²) in [6, 6.07) is 12.3. The van der Waals surface area contributed by atoms with Crippen LogP contribution in [-0.2, 0) is 15.8 Å². The van der Waals surface area contributed by atoms with Crippen molar-refractivity contribution in [2.75, 3.05) is 11.5 Å². The van der Waals surface area contributed by atoms with E-state index in [4.69, 9.17) is 4.74 Å². The van der Waals surface area contributed by atoms with Gasteiger partial charge in [-0.05, 0) is 60.9 Å². The summed E-state index contributed by atoms with van der Waals surface area (Å²) in [5.74, 6) is -2.88. The molecule has 3 aromatic rings. The number of aliphatic hydroxyl groups is 1. The lowest BCUT2D eigenvalue weighted by molar-refractivity contribution is -0.137. The third-order valence-electron chi connectivity index (χ3n) is 6.12. The highest BCUT2D eigenvalue weighted by Crippen LogP contribution is 2.44. The number of Topliss-reactive ketones (excluding diaryl/α,β-unsaturated/α-hetero) is 1. The van der Waals surface area contributed by atoms with Gasteiger partial charge in [0.2, 0.25) is 0 Å². The van der Waals surface area contributed by atoms with E-state index < -0.39 is 46.6 Å². The molecule has 0 aromatic heterocycles. The first kappa shape index (κ1) is 26.9. The number of amides is 1. The molecule has 1 heterocycles. The lowest BCUT2D eigenvalue weighted by atomic mass is 9.94. The number of halogens is 4. The highest BCUT2D eigenvalue weighted by atomic mass is 19.4. The van der Waals surface area contributed by atoms with Gasteiger partial charge in [0.05, 0.1) is 23.8 Å². The Morgan fingerprint density at radius 2 is 1.74 bits per heavy atom. The normalized spacial score (nSPS) is 17.4. The molecule has 1 unspecified atom stereocenters. The quantitative estimate of drug-likeness (QED) is 0.165. The minimum Gasteiger partial charge on any atom is -0.507 e. The van der Waals surface area contributed by atoms with Crippen molar-refractivity contribution in [2.24, 2.45) is 5.92 Å². The van der Waals surface area contributed by atoms with Crippen molar-refractivity contribution in [3.8, 4) is 5.75 Å². The van der Waals surface area contributed by atoms with E-state index in [-0.39, 0.29) is 22.7 Å². The fraction of sp³-hybridized carbons (Fsp3) is 0.241. The average Bonchev–Trinajstić information content (AvgIpc) is 3.12. The SMILES string of the molecule is Cc1cc(/C(O)=C2\C(=O)C(=O)N(c3cccc(C(F)(F)F)c3)C2c2ccccc2F)ccc1OCC(C)C. The molecular weight excluding hydrogens is 502 g/mol. The van der Waals surface area contributed by atoms with Crippen molar-refractivity contribution in [3.05, 3.63) is 100 Å². The molecule has 0 bridgehead atoms. The molecule has 1 fully saturated rings. The number of ketones is 1. The maximum atomic E-state index is 15.0. The first-order valence-corrected chi connectivity index (χ1v) is 11.9. The van der Waals surface area contributed by atoms with Crippen molar-refractivity contribution in [3.63, 3.8) is 0 Å². The van der Waals surface area contributed by atoms with E-state index in [1.165, 1.54) is 30.3 Å². The zero-order valence-electron chi connectivity index (χ0n) is 20.8. The van der Waals surface area contributed by atoms with E-state index in [9.17, 15) is 27.9 Å². The molecule has 0 saturated carbocycles. The predicted octanol–water partition coefficient (Wildman–Crippen LogP) is 6.81. The van der Waals surface area contributed by atoms with Gasteiger partial charge in [-0.1, -0.05) is 38.1 Å². The summed E-state index contributed by atoms with van der Waals surface area (Å²) >= 11 is 0. The molecule has 38 heavy (non-hydrogen) atoms. The van der Waals surface area contributed by atoms with Crippen LogP contribution in [0, 0.1) is 18.7 Å². The second kappa shape index (κ2) is 10.3. The van der Waals surface area contributed by atoms with E-state index in [2.05, 4.69) is 0 Å². The largest absolute Gasteiger partial charge is 0.507 e. The fourth-order valence-electron chi connectivity index (χ4n) is 4.29. The molecular formula is C29H25F4NO4. The number of aryl methyl sites for hydroxylation is 1. The number of aliphatic hydroxyl groups excluding tert-OH is 1. The molecule has 4 rings (SSSR count). The van der Waals surface area contributed by atoms with Crippen LogP contribution in [0.2, 0.25) is 0 Å². The van der Waals surface area contributed by atoms with Gasteiger partial charge in [-0.15, -0.1) is 0 Å². The number of benzene rings is 3. The van der Waals surface area contributed by atoms with Gasteiger partial charge in [0.15, 0.2) is 0 Å². The smallest absolute Gasteiger partial charge is 0.416 e. The van der Waals surface area contributed by atoms with Gasteiger partial charge in [-0.2, -0.15) is 13.2 Å². The number of ether oxygens (including phenoxy) is 1. The number of hydrogen-bond acceptors (Lipinski definition) is 4. The molecule has 0 radical (unpaired) electrons. The third-order valence-corrected chi connectivity index (χ3v) is 6.12. The standard InChI is InChI=1S/C29H25F4NO4/c1-16(2)15-38-23-12-11-18(13-17(23)3)26(35)24-25(21-9-4-5-10-22(21)30)34(28(37)27(24)36)20-8-6-7-19(14-20)29(31,32)33/h4-14,16,25,35H,15H2,1-3H3/b26-24+. The molecule has 1 atom stereocenters. The predicted molar refractivity (Wildman–Crippen MR) is 134 cm³/mol. The number of carbonyl (C=O) groups is 2. The van der Waals surface area contributed by atoms with Crippen molar-refractivity contribution in [2.45, 2.75) is 33.0 Å². The minimum absolute atomic E-state index is 0.153. The highest BCUT2D eigenvalue weighted by molar-refractivity contribution is 6.51. The first-order valence-electron chi connectivity index (χ1n) is 11.9. The van der Waals surface area contributed by atoms with Crippen LogP contribution < -0.4 is 9.64 Å². The average molecular weight is 528 g/mol. The van der Waals surface area contributed by atoms with Crippen molar-refractivity contribution in [1.29, 1.82) is 0 Å². The Morgan fingerprint density at radius 1 is 1.03 bits per heavy atom. The molecule has 1 N–H and O–H groups in total. The summed E-state index contributed by atoms with van der Waals surface area (Å²) in [4.78, 5) is 27.2. The first-order chi connectivity index (χ1) is 17.9. The van der Waals surface area contributed by atoms with Gasteiger partial charge in [0.25, 0.3) is 11.7 Å². The molecule has 1 amide bonds. The minimum atomic E-state index is -4.71. The Morgan fingerprint density at radius 3 is 2.37 bits per heavy atom. The number of alkyl halides is 3. The van der Waals surface area contributed by atoms with Crippen molar-refractivity contribution in [1.82, 2.24) is 0 Å². The molecule has 198 valence electrons. The van der Waals surface area contributed by atoms with Gasteiger partial charge < -0.3 is 9.84 Å². The van der Waals surface area contributed by atoms with E-state index in [0.29, 0.717) is 24.0 Å². The Kier molecular flexibility index (Phi) is 7.31. The molecule has 0 spiro atoms. The summed E-state index contributed by atoms with van der Waals surface area (Å²) in [6.07, 6.45) is -4.71. The molecule has 3 aromatic carbocycles. The van der Waals surface area contributed by atoms with Gasteiger partial charge in [0, 0.05) is 16.8 Å². The summed E-state index contributed by atoms with van der Waals surface area (Å²) in [7, 11) is 0. The molecule has 0 aliphatic carbocycles. The topological polar surface area (TPSA) is 66.8 Å². The third kappa shape index (κ3) is 5.14. The van der Waals surface area contributed by atoms with Gasteiger partial charge in [0.1, 0.15) is 17.3 Å². The number of rotatable bonds is 6. The summed E-state index contributed by atoms with van der Waals surface area (Å²) in [5, 5.41) is 11.2. The Balaban J connectivity index is 1.89. The van der Waals surface area contributed by atoms with Crippen LogP contribution in [0.3, 0.4) is 0 Å². The molecule has 1 aliphatic rings. The summed E-state index contributed by atoms with van der Waals surface area (Å²) < 4.78 is 61.0. The lowest BCUT2D eigenvalue weighted by Gasteiger charge is -2.26. The van der Waals surface area contributed by atoms with Crippen LogP contribution in [0.15, 0.2) is 72.3 Å². The molecule has 5 nitrogen and oxygen atoms in total. The zero-order valence-corrected chi connectivity index (χ0v) is 20.8. The van der Waals surface area contributed by atoms with Crippen LogP contribution in [0.4, 0.5) is 23.2 Å². The molecule has 1 saturated heterocycles. The van der Waals surface area contributed by atoms with Crippen LogP contribution in [-0.4, -0.2) is 23.4 Å². The number of anilines is 1. The second-order valence-electron chi connectivity index (χ2n) is 9.42. The molecule has 1 aliphatic heterocycles. The maximum Gasteiger partial charge on any atom is 0.416 e. The summed E-state index contributed by atoms with van der Waals surface area (Å²) in [5.41, 5.74) is -1.08. The lowest BCUT2D eigenvalue weighted by Crippen LogP contribution is -2.30. The summed E-state index contributed by atoms with van der Waals surface area (Å²) in [6.45, 7) is 6.17.